The van der Waals surface area contributed by atoms with Crippen molar-refractivity contribution in [3.05, 3.63) is 35.9 Å². The van der Waals surface area contributed by atoms with Gasteiger partial charge in [0.1, 0.15) is 0 Å². The first-order valence-corrected chi connectivity index (χ1v) is 4.50. The zero-order valence-electron chi connectivity index (χ0n) is 7.57. The Bertz CT molecular complexity index is 246. The minimum absolute atomic E-state index is 0.413. The first kappa shape index (κ1) is 9.93. The molecular formula is C11H14NO. The molecule has 0 aliphatic heterocycles. The van der Waals surface area contributed by atoms with Gasteiger partial charge in [-0.1, -0.05) is 30.3 Å². The molecule has 0 saturated heterocycles. The fourth-order valence-electron chi connectivity index (χ4n) is 1.23. The second-order valence-electron chi connectivity index (χ2n) is 3.10. The molecule has 0 heterocycles. The van der Waals surface area contributed by atoms with Gasteiger partial charge in [-0.05, 0) is 24.8 Å². The third kappa shape index (κ3) is 3.85. The topological polar surface area (TPSA) is 43.1 Å². The highest BCUT2D eigenvalue weighted by Crippen LogP contribution is 2.04. The first-order valence-electron chi connectivity index (χ1n) is 4.50. The fraction of sp³-hybridized carbons (Fsp3) is 0.364. The average Bonchev–Trinajstić information content (AvgIpc) is 2.19. The van der Waals surface area contributed by atoms with Crippen LogP contribution in [-0.2, 0) is 11.2 Å². The summed E-state index contributed by atoms with van der Waals surface area (Å²) in [7, 11) is 0. The Kier molecular flexibility index (Phi) is 4.19. The van der Waals surface area contributed by atoms with E-state index >= 15 is 0 Å². The van der Waals surface area contributed by atoms with Crippen molar-refractivity contribution >= 4 is 6.29 Å². The van der Waals surface area contributed by atoms with E-state index in [1.165, 1.54) is 5.56 Å². The zero-order chi connectivity index (χ0) is 9.52. The van der Waals surface area contributed by atoms with Crippen LogP contribution in [0.3, 0.4) is 0 Å². The summed E-state index contributed by atoms with van der Waals surface area (Å²) in [5.41, 5.74) is 6.71. The van der Waals surface area contributed by atoms with E-state index in [4.69, 9.17) is 5.73 Å². The molecule has 0 aliphatic rings. The molecule has 0 bridgehead atoms. The minimum Gasteiger partial charge on any atom is -0.321 e. The number of benzene rings is 1. The monoisotopic (exact) mass is 176 g/mol. The van der Waals surface area contributed by atoms with Crippen molar-refractivity contribution in [3.8, 4) is 0 Å². The van der Waals surface area contributed by atoms with Gasteiger partial charge in [-0.2, -0.15) is 0 Å². The van der Waals surface area contributed by atoms with Crippen molar-refractivity contribution in [1.82, 2.24) is 0 Å². The largest absolute Gasteiger partial charge is 0.321 e. The average molecular weight is 176 g/mol. The molecule has 0 spiro atoms. The van der Waals surface area contributed by atoms with E-state index in [1.54, 1.807) is 6.29 Å². The summed E-state index contributed by atoms with van der Waals surface area (Å²) in [5, 5.41) is 0. The summed E-state index contributed by atoms with van der Waals surface area (Å²) in [6.07, 6.45) is 4.43. The van der Waals surface area contributed by atoms with Crippen LogP contribution in [0.25, 0.3) is 0 Å². The first-order chi connectivity index (χ1) is 6.33. The van der Waals surface area contributed by atoms with E-state index in [2.05, 4.69) is 12.1 Å². The SMILES string of the molecule is N[C@H]([C]=O)CCCc1ccccc1. The van der Waals surface area contributed by atoms with E-state index in [1.807, 2.05) is 18.2 Å². The predicted molar refractivity (Wildman–Crippen MR) is 53.0 cm³/mol. The molecule has 13 heavy (non-hydrogen) atoms. The molecule has 0 saturated carbocycles. The van der Waals surface area contributed by atoms with Crippen LogP contribution in [0.4, 0.5) is 0 Å². The van der Waals surface area contributed by atoms with Crippen LogP contribution in [0, 0.1) is 0 Å². The molecule has 0 unspecified atom stereocenters. The van der Waals surface area contributed by atoms with Gasteiger partial charge >= 0.3 is 0 Å². The molecule has 69 valence electrons. The van der Waals surface area contributed by atoms with E-state index < -0.39 is 6.04 Å². The lowest BCUT2D eigenvalue weighted by molar-refractivity contribution is 0.532. The van der Waals surface area contributed by atoms with Crippen molar-refractivity contribution in [3.63, 3.8) is 0 Å². The van der Waals surface area contributed by atoms with Crippen molar-refractivity contribution < 1.29 is 4.79 Å². The second-order valence-corrected chi connectivity index (χ2v) is 3.10. The molecule has 2 heteroatoms. The number of carbonyl (C=O) groups excluding carboxylic acids is 1. The molecule has 1 aromatic carbocycles. The number of rotatable bonds is 5. The zero-order valence-corrected chi connectivity index (χ0v) is 7.57. The van der Waals surface area contributed by atoms with Gasteiger partial charge in [-0.3, -0.25) is 4.79 Å². The summed E-state index contributed by atoms with van der Waals surface area (Å²) in [5.74, 6) is 0. The Hall–Kier alpha value is -1.15. The van der Waals surface area contributed by atoms with Crippen LogP contribution >= 0.6 is 0 Å². The lowest BCUT2D eigenvalue weighted by Gasteiger charge is -2.02. The summed E-state index contributed by atoms with van der Waals surface area (Å²) in [6.45, 7) is 0. The third-order valence-corrected chi connectivity index (χ3v) is 1.97. The van der Waals surface area contributed by atoms with Crippen LogP contribution in [0.2, 0.25) is 0 Å². The van der Waals surface area contributed by atoms with Crippen molar-refractivity contribution in [2.24, 2.45) is 5.73 Å². The Labute approximate surface area is 78.8 Å². The predicted octanol–water partition coefficient (Wildman–Crippen LogP) is 1.45. The molecule has 1 radical (unpaired) electrons. The van der Waals surface area contributed by atoms with Gasteiger partial charge in [0, 0.05) is 0 Å². The smallest absolute Gasteiger partial charge is 0.216 e. The number of nitrogens with two attached hydrogens (primary N) is 1. The van der Waals surface area contributed by atoms with Crippen molar-refractivity contribution in [1.29, 1.82) is 0 Å². The highest BCUT2D eigenvalue weighted by Gasteiger charge is 2.00. The third-order valence-electron chi connectivity index (χ3n) is 1.97. The minimum atomic E-state index is -0.413. The van der Waals surface area contributed by atoms with Gasteiger partial charge in [0.05, 0.1) is 6.04 Å². The van der Waals surface area contributed by atoms with Crippen LogP contribution in [-0.4, -0.2) is 12.3 Å². The quantitative estimate of drug-likeness (QED) is 0.737. The maximum atomic E-state index is 10.1. The lowest BCUT2D eigenvalue weighted by atomic mass is 10.1. The van der Waals surface area contributed by atoms with E-state index in [0.717, 1.165) is 19.3 Å². The summed E-state index contributed by atoms with van der Waals surface area (Å²) in [6, 6.07) is 9.77. The van der Waals surface area contributed by atoms with E-state index in [0.29, 0.717) is 0 Å². The Morgan fingerprint density at radius 3 is 2.62 bits per heavy atom. The normalized spacial score (nSPS) is 12.4. The van der Waals surface area contributed by atoms with E-state index in [9.17, 15) is 4.79 Å². The Morgan fingerprint density at radius 2 is 2.00 bits per heavy atom. The highest BCUT2D eigenvalue weighted by molar-refractivity contribution is 5.57. The van der Waals surface area contributed by atoms with Crippen molar-refractivity contribution in [2.45, 2.75) is 25.3 Å². The Balaban J connectivity index is 2.24. The highest BCUT2D eigenvalue weighted by atomic mass is 16.1. The van der Waals surface area contributed by atoms with Gasteiger partial charge in [0.25, 0.3) is 0 Å². The van der Waals surface area contributed by atoms with Crippen LogP contribution in [0.15, 0.2) is 30.3 Å². The Morgan fingerprint density at radius 1 is 1.31 bits per heavy atom. The van der Waals surface area contributed by atoms with Crippen LogP contribution in [0.1, 0.15) is 18.4 Å². The molecule has 1 atom stereocenters. The maximum Gasteiger partial charge on any atom is 0.216 e. The molecule has 2 nitrogen and oxygen atoms in total. The molecule has 0 aliphatic carbocycles. The van der Waals surface area contributed by atoms with Crippen molar-refractivity contribution in [2.75, 3.05) is 0 Å². The molecule has 0 aromatic heterocycles. The maximum absolute atomic E-state index is 10.1. The van der Waals surface area contributed by atoms with Crippen LogP contribution in [0.5, 0.6) is 0 Å². The van der Waals surface area contributed by atoms with Gasteiger partial charge in [0.15, 0.2) is 0 Å². The summed E-state index contributed by atoms with van der Waals surface area (Å²) >= 11 is 0. The number of hydrogen-bond donors (Lipinski definition) is 1. The van der Waals surface area contributed by atoms with E-state index in [-0.39, 0.29) is 0 Å². The molecule has 0 amide bonds. The molecule has 0 fully saturated rings. The summed E-state index contributed by atoms with van der Waals surface area (Å²) < 4.78 is 0. The second kappa shape index (κ2) is 5.49. The van der Waals surface area contributed by atoms with Gasteiger partial charge in [-0.15, -0.1) is 0 Å². The standard InChI is InChI=1S/C11H14NO/c12-11(9-13)8-4-7-10-5-2-1-3-6-10/h1-3,5-6,11H,4,7-8,12H2/t11-/m0/s1. The van der Waals surface area contributed by atoms with Crippen LogP contribution < -0.4 is 5.73 Å². The fourth-order valence-corrected chi connectivity index (χ4v) is 1.23. The van der Waals surface area contributed by atoms with Gasteiger partial charge in [-0.25, -0.2) is 0 Å². The molecule has 1 aromatic rings. The molecule has 2 N–H and O–H groups in total. The number of hydrogen-bond acceptors (Lipinski definition) is 2. The molecule has 1 rings (SSSR count). The van der Waals surface area contributed by atoms with Gasteiger partial charge in [0.2, 0.25) is 6.29 Å². The molecular weight excluding hydrogens is 162 g/mol. The lowest BCUT2D eigenvalue weighted by Crippen LogP contribution is -2.21. The van der Waals surface area contributed by atoms with Gasteiger partial charge < -0.3 is 5.73 Å². The summed E-state index contributed by atoms with van der Waals surface area (Å²) in [4.78, 5) is 10.1. The number of aryl methyl sites for hydroxylation is 1.